The van der Waals surface area contributed by atoms with E-state index in [-0.39, 0.29) is 23.7 Å². The second-order valence-electron chi connectivity index (χ2n) is 6.34. The highest BCUT2D eigenvalue weighted by Gasteiger charge is 2.20. The van der Waals surface area contributed by atoms with Gasteiger partial charge in [0.1, 0.15) is 5.69 Å². The Bertz CT molecular complexity index is 619. The molecule has 0 radical (unpaired) electrons. The van der Waals surface area contributed by atoms with Crippen LogP contribution < -0.4 is 5.32 Å². The summed E-state index contributed by atoms with van der Waals surface area (Å²) in [5.41, 5.74) is -0.866. The molecule has 0 atom stereocenters. The van der Waals surface area contributed by atoms with Crippen molar-refractivity contribution in [3.63, 3.8) is 0 Å². The first-order chi connectivity index (χ1) is 12.5. The van der Waals surface area contributed by atoms with Gasteiger partial charge in [-0.1, -0.05) is 58.3 Å². The van der Waals surface area contributed by atoms with Crippen LogP contribution in [0.15, 0.2) is 18.2 Å². The van der Waals surface area contributed by atoms with Crippen molar-refractivity contribution in [2.45, 2.75) is 71.1 Å². The molecule has 0 spiro atoms. The van der Waals surface area contributed by atoms with Gasteiger partial charge in [-0.15, -0.1) is 0 Å². The van der Waals surface area contributed by atoms with Gasteiger partial charge in [-0.25, -0.2) is 0 Å². The van der Waals surface area contributed by atoms with Crippen molar-refractivity contribution in [2.75, 3.05) is 5.32 Å². The topological polar surface area (TPSA) is 115 Å². The molecule has 26 heavy (non-hydrogen) atoms. The van der Waals surface area contributed by atoms with Gasteiger partial charge in [-0.2, -0.15) is 0 Å². The fraction of sp³-hybridized carbons (Fsp3) is 0.611. The Kier molecular flexibility index (Phi) is 9.89. The standard InChI is InChI=1S/C18H27N3O5/c1-2-3-4-5-6-7-8-9-10-11-18(22)19-16-13-12-15(20(23)24)14-17(16)21(25)26/h12-14H,2-11H2,1H3,(H,19,22). The molecular formula is C18H27N3O5. The van der Waals surface area contributed by atoms with E-state index in [1.165, 1.54) is 44.6 Å². The summed E-state index contributed by atoms with van der Waals surface area (Å²) in [5, 5.41) is 24.2. The number of carbonyl (C=O) groups is 1. The van der Waals surface area contributed by atoms with E-state index in [0.717, 1.165) is 31.4 Å². The Morgan fingerprint density at radius 3 is 2.04 bits per heavy atom. The zero-order valence-electron chi connectivity index (χ0n) is 15.2. The molecule has 0 bridgehead atoms. The SMILES string of the molecule is CCCCCCCCCCCC(=O)Nc1ccc([N+](=O)[O-])cc1[N+](=O)[O-]. The highest BCUT2D eigenvalue weighted by molar-refractivity contribution is 5.93. The molecule has 0 fully saturated rings. The van der Waals surface area contributed by atoms with Crippen molar-refractivity contribution in [3.05, 3.63) is 38.4 Å². The first-order valence-corrected chi connectivity index (χ1v) is 9.18. The van der Waals surface area contributed by atoms with Gasteiger partial charge in [0.05, 0.1) is 15.9 Å². The summed E-state index contributed by atoms with van der Waals surface area (Å²) in [5.74, 6) is -0.315. The highest BCUT2D eigenvalue weighted by Crippen LogP contribution is 2.29. The molecule has 8 heteroatoms. The Hall–Kier alpha value is -2.51. The molecular weight excluding hydrogens is 338 g/mol. The van der Waals surface area contributed by atoms with Crippen LogP contribution in [0, 0.1) is 20.2 Å². The number of rotatable bonds is 13. The quantitative estimate of drug-likeness (QED) is 0.287. The maximum Gasteiger partial charge on any atom is 0.299 e. The maximum atomic E-state index is 11.9. The van der Waals surface area contributed by atoms with Crippen molar-refractivity contribution in [3.8, 4) is 0 Å². The van der Waals surface area contributed by atoms with Gasteiger partial charge in [-0.3, -0.25) is 25.0 Å². The number of carbonyl (C=O) groups excluding carboxylic acids is 1. The van der Waals surface area contributed by atoms with Crippen LogP contribution in [0.1, 0.15) is 71.1 Å². The number of nitro groups is 2. The van der Waals surface area contributed by atoms with Gasteiger partial charge < -0.3 is 5.32 Å². The van der Waals surface area contributed by atoms with Crippen LogP contribution >= 0.6 is 0 Å². The normalized spacial score (nSPS) is 10.5. The van der Waals surface area contributed by atoms with Crippen LogP contribution in [0.25, 0.3) is 0 Å². The van der Waals surface area contributed by atoms with Gasteiger partial charge in [0.15, 0.2) is 0 Å². The first kappa shape index (κ1) is 21.5. The Morgan fingerprint density at radius 2 is 1.50 bits per heavy atom. The summed E-state index contributed by atoms with van der Waals surface area (Å²) in [4.78, 5) is 32.2. The molecule has 144 valence electrons. The molecule has 0 saturated carbocycles. The first-order valence-electron chi connectivity index (χ1n) is 9.18. The van der Waals surface area contributed by atoms with Crippen LogP contribution in [0.3, 0.4) is 0 Å². The maximum absolute atomic E-state index is 11.9. The molecule has 0 saturated heterocycles. The minimum Gasteiger partial charge on any atom is -0.320 e. The van der Waals surface area contributed by atoms with E-state index in [1.807, 2.05) is 0 Å². The van der Waals surface area contributed by atoms with E-state index in [9.17, 15) is 25.0 Å². The van der Waals surface area contributed by atoms with Crippen molar-refractivity contribution in [2.24, 2.45) is 0 Å². The smallest absolute Gasteiger partial charge is 0.299 e. The molecule has 1 aromatic carbocycles. The van der Waals surface area contributed by atoms with E-state index < -0.39 is 15.5 Å². The van der Waals surface area contributed by atoms with E-state index in [1.54, 1.807) is 0 Å². The average Bonchev–Trinajstić information content (AvgIpc) is 2.60. The van der Waals surface area contributed by atoms with Crippen LogP contribution in [-0.4, -0.2) is 15.8 Å². The number of unbranched alkanes of at least 4 members (excludes halogenated alkanes) is 8. The Morgan fingerprint density at radius 1 is 0.923 bits per heavy atom. The Balaban J connectivity index is 2.35. The number of non-ortho nitro benzene ring substituents is 1. The summed E-state index contributed by atoms with van der Waals surface area (Å²) in [6, 6.07) is 3.19. The minimum atomic E-state index is -0.735. The zero-order valence-corrected chi connectivity index (χ0v) is 15.2. The predicted molar refractivity (Wildman–Crippen MR) is 100 cm³/mol. The van der Waals surface area contributed by atoms with Crippen molar-refractivity contribution >= 4 is 23.0 Å². The fourth-order valence-electron chi connectivity index (χ4n) is 2.70. The zero-order chi connectivity index (χ0) is 19.4. The van der Waals surface area contributed by atoms with Gasteiger partial charge in [0.2, 0.25) is 5.91 Å². The molecule has 1 amide bonds. The van der Waals surface area contributed by atoms with E-state index in [0.29, 0.717) is 0 Å². The number of nitrogens with zero attached hydrogens (tertiary/aromatic N) is 2. The number of nitrogens with one attached hydrogen (secondary N) is 1. The van der Waals surface area contributed by atoms with E-state index >= 15 is 0 Å². The lowest BCUT2D eigenvalue weighted by atomic mass is 10.1. The molecule has 0 aromatic heterocycles. The third-order valence-corrected chi connectivity index (χ3v) is 4.17. The average molecular weight is 365 g/mol. The van der Waals surface area contributed by atoms with Crippen LogP contribution in [0.2, 0.25) is 0 Å². The molecule has 0 unspecified atom stereocenters. The molecule has 0 aliphatic carbocycles. The Labute approximate surface area is 153 Å². The number of hydrogen-bond acceptors (Lipinski definition) is 5. The van der Waals surface area contributed by atoms with Gasteiger partial charge in [0, 0.05) is 12.5 Å². The molecule has 0 aliphatic rings. The molecule has 1 rings (SSSR count). The van der Waals surface area contributed by atoms with Crippen molar-refractivity contribution in [1.29, 1.82) is 0 Å². The van der Waals surface area contributed by atoms with Gasteiger partial charge in [-0.05, 0) is 12.5 Å². The number of benzene rings is 1. The van der Waals surface area contributed by atoms with Gasteiger partial charge in [0.25, 0.3) is 11.4 Å². The van der Waals surface area contributed by atoms with Crippen LogP contribution in [-0.2, 0) is 4.79 Å². The number of hydrogen-bond donors (Lipinski definition) is 1. The van der Waals surface area contributed by atoms with E-state index in [2.05, 4.69) is 12.2 Å². The van der Waals surface area contributed by atoms with Crippen molar-refractivity contribution < 1.29 is 14.6 Å². The summed E-state index contributed by atoms with van der Waals surface area (Å²) >= 11 is 0. The van der Waals surface area contributed by atoms with Crippen molar-refractivity contribution in [1.82, 2.24) is 0 Å². The van der Waals surface area contributed by atoms with Crippen LogP contribution in [0.4, 0.5) is 17.1 Å². The summed E-state index contributed by atoms with van der Waals surface area (Å²) < 4.78 is 0. The third-order valence-electron chi connectivity index (χ3n) is 4.17. The second kappa shape index (κ2) is 11.9. The highest BCUT2D eigenvalue weighted by atomic mass is 16.6. The minimum absolute atomic E-state index is 0.0125. The summed E-state index contributed by atoms with van der Waals surface area (Å²) in [6.07, 6.45) is 10.5. The predicted octanol–water partition coefficient (Wildman–Crippen LogP) is 5.36. The largest absolute Gasteiger partial charge is 0.320 e. The molecule has 1 aromatic rings. The molecule has 0 heterocycles. The number of nitro benzene ring substituents is 2. The lowest BCUT2D eigenvalue weighted by Crippen LogP contribution is -2.12. The van der Waals surface area contributed by atoms with E-state index in [4.69, 9.17) is 0 Å². The van der Waals surface area contributed by atoms with Gasteiger partial charge >= 0.3 is 0 Å². The summed E-state index contributed by atoms with van der Waals surface area (Å²) in [6.45, 7) is 2.19. The number of amides is 1. The lowest BCUT2D eigenvalue weighted by molar-refractivity contribution is -0.393. The van der Waals surface area contributed by atoms with Crippen LogP contribution in [0.5, 0.6) is 0 Å². The number of anilines is 1. The lowest BCUT2D eigenvalue weighted by Gasteiger charge is -2.06. The fourth-order valence-corrected chi connectivity index (χ4v) is 2.70. The second-order valence-corrected chi connectivity index (χ2v) is 6.34. The molecule has 1 N–H and O–H groups in total. The third kappa shape index (κ3) is 8.04. The summed E-state index contributed by atoms with van der Waals surface area (Å²) in [7, 11) is 0. The molecule has 0 aliphatic heterocycles. The molecule has 8 nitrogen and oxygen atoms in total. The monoisotopic (exact) mass is 365 g/mol.